The van der Waals surface area contributed by atoms with E-state index in [1.807, 2.05) is 0 Å². The molecule has 142 valence electrons. The Morgan fingerprint density at radius 3 is 2.48 bits per heavy atom. The van der Waals surface area contributed by atoms with Crippen LogP contribution in [0.15, 0.2) is 53.1 Å². The van der Waals surface area contributed by atoms with Crippen molar-refractivity contribution in [3.63, 3.8) is 0 Å². The third-order valence-electron chi connectivity index (χ3n) is 4.23. The third kappa shape index (κ3) is 3.17. The second kappa shape index (κ2) is 7.42. The van der Waals surface area contributed by atoms with Gasteiger partial charge in [0.15, 0.2) is 11.5 Å². The number of Topliss-reactive ketones (excluding diaryl/α,β-unsaturated/α-hetero) is 1. The molecule has 7 nitrogen and oxygen atoms in total. The third-order valence-corrected chi connectivity index (χ3v) is 6.10. The summed E-state index contributed by atoms with van der Waals surface area (Å²) in [6, 6.07) is 11.1. The molecular formula is C19H19NO6S. The molecule has 0 saturated carbocycles. The van der Waals surface area contributed by atoms with Crippen molar-refractivity contribution in [2.75, 3.05) is 27.4 Å². The summed E-state index contributed by atoms with van der Waals surface area (Å²) in [5.74, 6) is 0.381. The Kier molecular flexibility index (Phi) is 5.20. The van der Waals surface area contributed by atoms with Crippen molar-refractivity contribution in [2.24, 2.45) is 0 Å². The van der Waals surface area contributed by atoms with Crippen LogP contribution in [-0.2, 0) is 10.0 Å². The molecule has 1 N–H and O–H groups in total. The maximum Gasteiger partial charge on any atom is 0.265 e. The number of ether oxygens (including phenoxy) is 2. The van der Waals surface area contributed by atoms with Crippen LogP contribution in [-0.4, -0.2) is 51.0 Å². The number of rotatable bonds is 5. The van der Waals surface area contributed by atoms with Gasteiger partial charge in [-0.15, -0.1) is 0 Å². The molecule has 2 aromatic rings. The zero-order valence-electron chi connectivity index (χ0n) is 14.9. The average Bonchev–Trinajstić information content (AvgIpc) is 2.68. The van der Waals surface area contributed by atoms with E-state index < -0.39 is 22.4 Å². The number of ketones is 1. The number of sulfonamides is 1. The summed E-state index contributed by atoms with van der Waals surface area (Å²) < 4.78 is 37.5. The van der Waals surface area contributed by atoms with Gasteiger partial charge in [0.25, 0.3) is 10.0 Å². The minimum absolute atomic E-state index is 0.0608. The normalized spacial score (nSPS) is 16.9. The van der Waals surface area contributed by atoms with E-state index >= 15 is 0 Å². The van der Waals surface area contributed by atoms with Crippen LogP contribution in [0.2, 0.25) is 0 Å². The molecule has 3 rings (SSSR count). The van der Waals surface area contributed by atoms with Crippen molar-refractivity contribution in [1.82, 2.24) is 4.31 Å². The lowest BCUT2D eigenvalue weighted by Gasteiger charge is -2.31. The molecule has 27 heavy (non-hydrogen) atoms. The van der Waals surface area contributed by atoms with Crippen LogP contribution >= 0.6 is 0 Å². The maximum atomic E-state index is 13.0. The first-order valence-electron chi connectivity index (χ1n) is 8.15. The molecule has 0 bridgehead atoms. The lowest BCUT2D eigenvalue weighted by atomic mass is 10.0. The van der Waals surface area contributed by atoms with Crippen molar-refractivity contribution in [2.45, 2.75) is 4.90 Å². The molecular weight excluding hydrogens is 370 g/mol. The fourth-order valence-electron chi connectivity index (χ4n) is 3.02. The minimum atomic E-state index is -3.97. The van der Waals surface area contributed by atoms with Crippen molar-refractivity contribution in [3.8, 4) is 11.5 Å². The van der Waals surface area contributed by atoms with Gasteiger partial charge in [0.05, 0.1) is 32.3 Å². The van der Waals surface area contributed by atoms with E-state index in [9.17, 15) is 18.3 Å². The van der Waals surface area contributed by atoms with Gasteiger partial charge in [-0.1, -0.05) is 24.3 Å². The number of β-amino-alcohol motifs (C(OH)–C–C–N with tert-alkyl or cyclic N) is 1. The van der Waals surface area contributed by atoms with Gasteiger partial charge in [-0.3, -0.25) is 9.10 Å². The number of aliphatic hydroxyl groups is 1. The summed E-state index contributed by atoms with van der Waals surface area (Å²) in [4.78, 5) is 12.9. The van der Waals surface area contributed by atoms with Crippen LogP contribution in [0.4, 0.5) is 0 Å². The number of methoxy groups -OCH3 is 2. The molecule has 0 saturated heterocycles. The molecule has 0 unspecified atom stereocenters. The molecule has 0 aliphatic carbocycles. The summed E-state index contributed by atoms with van der Waals surface area (Å²) in [6.45, 7) is -0.665. The zero-order chi connectivity index (χ0) is 19.6. The molecule has 0 aromatic heterocycles. The largest absolute Gasteiger partial charge is 0.493 e. The number of hydrogen-bond acceptors (Lipinski definition) is 6. The van der Waals surface area contributed by atoms with E-state index in [2.05, 4.69) is 0 Å². The quantitative estimate of drug-likeness (QED) is 0.786. The number of para-hydroxylation sites is 1. The Hall–Kier alpha value is -2.84. The molecule has 0 radical (unpaired) electrons. The number of carbonyl (C=O) groups excluding carboxylic acids is 1. The van der Waals surface area contributed by atoms with Crippen molar-refractivity contribution >= 4 is 21.9 Å². The molecule has 0 atom stereocenters. The Labute approximate surface area is 157 Å². The molecule has 8 heteroatoms. The van der Waals surface area contributed by atoms with Crippen LogP contribution < -0.4 is 9.47 Å². The Bertz CT molecular complexity index is 1010. The highest BCUT2D eigenvalue weighted by atomic mass is 32.2. The second-order valence-electron chi connectivity index (χ2n) is 5.74. The predicted molar refractivity (Wildman–Crippen MR) is 99.3 cm³/mol. The van der Waals surface area contributed by atoms with E-state index in [0.29, 0.717) is 17.1 Å². The first kappa shape index (κ1) is 18.9. The average molecular weight is 389 g/mol. The SMILES string of the molecule is COc1cccc(/C=C2/C(=O)c3ccccc3S(=O)(=O)N2CCO)c1OC. The fourth-order valence-corrected chi connectivity index (χ4v) is 4.66. The highest BCUT2D eigenvalue weighted by Gasteiger charge is 2.39. The number of nitrogens with zero attached hydrogens (tertiary/aromatic N) is 1. The smallest absolute Gasteiger partial charge is 0.265 e. The van der Waals surface area contributed by atoms with Crippen molar-refractivity contribution < 1.29 is 27.8 Å². The van der Waals surface area contributed by atoms with E-state index in [-0.39, 0.29) is 22.7 Å². The Morgan fingerprint density at radius 1 is 1.07 bits per heavy atom. The summed E-state index contributed by atoms with van der Waals surface area (Å²) >= 11 is 0. The molecule has 1 aliphatic heterocycles. The van der Waals surface area contributed by atoms with E-state index in [0.717, 1.165) is 4.31 Å². The van der Waals surface area contributed by atoms with Crippen LogP contribution in [0.1, 0.15) is 15.9 Å². The molecule has 0 amide bonds. The molecule has 2 aromatic carbocycles. The van der Waals surface area contributed by atoms with Crippen LogP contribution in [0.5, 0.6) is 11.5 Å². The zero-order valence-corrected chi connectivity index (χ0v) is 15.7. The number of carbonyl (C=O) groups is 1. The van der Waals surface area contributed by atoms with Crippen LogP contribution in [0.25, 0.3) is 6.08 Å². The molecule has 1 heterocycles. The first-order valence-corrected chi connectivity index (χ1v) is 9.59. The number of allylic oxidation sites excluding steroid dienone is 1. The lowest BCUT2D eigenvalue weighted by Crippen LogP contribution is -2.40. The van der Waals surface area contributed by atoms with Gasteiger partial charge < -0.3 is 14.6 Å². The maximum absolute atomic E-state index is 13.0. The number of benzene rings is 2. The van der Waals surface area contributed by atoms with Gasteiger partial charge in [0, 0.05) is 11.1 Å². The Balaban J connectivity index is 2.25. The highest BCUT2D eigenvalue weighted by Crippen LogP contribution is 2.36. The number of aliphatic hydroxyl groups excluding tert-OH is 1. The fraction of sp³-hybridized carbons (Fsp3) is 0.211. The number of hydrogen-bond donors (Lipinski definition) is 1. The molecule has 0 spiro atoms. The van der Waals surface area contributed by atoms with Gasteiger partial charge in [-0.2, -0.15) is 0 Å². The molecule has 0 fully saturated rings. The predicted octanol–water partition coefficient (Wildman–Crippen LogP) is 1.92. The van der Waals surface area contributed by atoms with Gasteiger partial charge >= 0.3 is 0 Å². The topological polar surface area (TPSA) is 93.1 Å². The summed E-state index contributed by atoms with van der Waals surface area (Å²) in [5.41, 5.74) is 0.520. The van der Waals surface area contributed by atoms with Crippen LogP contribution in [0.3, 0.4) is 0 Å². The van der Waals surface area contributed by atoms with Crippen molar-refractivity contribution in [3.05, 3.63) is 59.3 Å². The van der Waals surface area contributed by atoms with E-state index in [1.165, 1.54) is 32.4 Å². The van der Waals surface area contributed by atoms with Crippen molar-refractivity contribution in [1.29, 1.82) is 0 Å². The van der Waals surface area contributed by atoms with Crippen LogP contribution in [0, 0.1) is 0 Å². The first-order chi connectivity index (χ1) is 13.0. The second-order valence-corrected chi connectivity index (χ2v) is 7.57. The minimum Gasteiger partial charge on any atom is -0.493 e. The van der Waals surface area contributed by atoms with Gasteiger partial charge in [0.2, 0.25) is 5.78 Å². The van der Waals surface area contributed by atoms with E-state index in [4.69, 9.17) is 9.47 Å². The molecule has 1 aliphatic rings. The Morgan fingerprint density at radius 2 is 1.81 bits per heavy atom. The highest BCUT2D eigenvalue weighted by molar-refractivity contribution is 7.89. The monoisotopic (exact) mass is 389 g/mol. The number of fused-ring (bicyclic) bond motifs is 1. The summed E-state index contributed by atoms with van der Waals surface area (Å²) in [5, 5.41) is 9.36. The standard InChI is InChI=1S/C19H19NO6S/c1-25-16-8-5-6-13(19(16)26-2)12-15-18(22)14-7-3-4-9-17(14)27(23,24)20(15)10-11-21/h3-9,12,21H,10-11H2,1-2H3/b15-12-. The van der Waals surface area contributed by atoms with E-state index in [1.54, 1.807) is 30.3 Å². The lowest BCUT2D eigenvalue weighted by molar-refractivity contribution is 0.0998. The summed E-state index contributed by atoms with van der Waals surface area (Å²) in [6.07, 6.45) is 1.44. The van der Waals surface area contributed by atoms with Gasteiger partial charge in [-0.25, -0.2) is 8.42 Å². The summed E-state index contributed by atoms with van der Waals surface area (Å²) in [7, 11) is -1.03. The van der Waals surface area contributed by atoms with Gasteiger partial charge in [-0.05, 0) is 24.3 Å². The van der Waals surface area contributed by atoms with Gasteiger partial charge in [0.1, 0.15) is 5.70 Å².